The van der Waals surface area contributed by atoms with Crippen molar-refractivity contribution in [2.75, 3.05) is 7.11 Å². The van der Waals surface area contributed by atoms with Gasteiger partial charge in [-0.05, 0) is 43.9 Å². The second-order valence-electron chi connectivity index (χ2n) is 7.93. The highest BCUT2D eigenvalue weighted by atomic mass is 17.2. The molecule has 4 heteroatoms. The molecule has 0 aromatic heterocycles. The van der Waals surface area contributed by atoms with Crippen molar-refractivity contribution in [3.05, 3.63) is 0 Å². The first-order valence-electron chi connectivity index (χ1n) is 9.78. The van der Waals surface area contributed by atoms with E-state index in [4.69, 9.17) is 14.5 Å². The van der Waals surface area contributed by atoms with Gasteiger partial charge in [-0.15, -0.1) is 0 Å². The third-order valence-corrected chi connectivity index (χ3v) is 5.50. The molecule has 0 bridgehead atoms. The number of hydrogen-bond donors (Lipinski definition) is 0. The molecule has 1 aliphatic heterocycles. The Hall–Kier alpha value is -0.610. The van der Waals surface area contributed by atoms with E-state index in [0.29, 0.717) is 11.8 Å². The van der Waals surface area contributed by atoms with Gasteiger partial charge in [-0.2, -0.15) is 0 Å². The molecule has 1 saturated heterocycles. The highest BCUT2D eigenvalue weighted by Crippen LogP contribution is 2.39. The first-order chi connectivity index (χ1) is 11.4. The fourth-order valence-electron chi connectivity index (χ4n) is 4.24. The van der Waals surface area contributed by atoms with E-state index in [1.54, 1.807) is 0 Å². The Bertz CT molecular complexity index is 371. The van der Waals surface area contributed by atoms with Crippen LogP contribution in [0.4, 0.5) is 0 Å². The molecule has 0 N–H and O–H groups in total. The number of esters is 1. The fraction of sp³-hybridized carbons (Fsp3) is 0.950. The van der Waals surface area contributed by atoms with E-state index in [1.165, 1.54) is 32.8 Å². The van der Waals surface area contributed by atoms with Gasteiger partial charge >= 0.3 is 5.97 Å². The van der Waals surface area contributed by atoms with Crippen LogP contribution in [0.5, 0.6) is 0 Å². The minimum absolute atomic E-state index is 0.186. The van der Waals surface area contributed by atoms with Gasteiger partial charge in [0.25, 0.3) is 0 Å². The van der Waals surface area contributed by atoms with Crippen LogP contribution in [0.1, 0.15) is 86.0 Å². The normalized spacial score (nSPS) is 29.9. The average Bonchev–Trinajstić information content (AvgIpc) is 2.55. The number of carbonyl (C=O) groups excluding carboxylic acids is 1. The predicted octanol–water partition coefficient (Wildman–Crippen LogP) is 5.30. The lowest BCUT2D eigenvalue weighted by atomic mass is 9.78. The quantitative estimate of drug-likeness (QED) is 0.399. The Morgan fingerprint density at radius 2 is 2.04 bits per heavy atom. The van der Waals surface area contributed by atoms with E-state index in [1.807, 2.05) is 0 Å². The topological polar surface area (TPSA) is 44.8 Å². The number of rotatable bonds is 10. The summed E-state index contributed by atoms with van der Waals surface area (Å²) in [5.41, 5.74) is -0.253. The highest BCUT2D eigenvalue weighted by molar-refractivity contribution is 5.69. The van der Waals surface area contributed by atoms with Crippen LogP contribution >= 0.6 is 0 Å². The van der Waals surface area contributed by atoms with Gasteiger partial charge in [0.15, 0.2) is 0 Å². The van der Waals surface area contributed by atoms with E-state index in [0.717, 1.165) is 25.2 Å². The Balaban J connectivity index is 2.57. The molecule has 0 amide bonds. The van der Waals surface area contributed by atoms with Crippen LogP contribution in [-0.2, 0) is 19.3 Å². The Kier molecular flexibility index (Phi) is 9.28. The monoisotopic (exact) mass is 342 g/mol. The summed E-state index contributed by atoms with van der Waals surface area (Å²) < 4.78 is 4.77. The van der Waals surface area contributed by atoms with E-state index in [-0.39, 0.29) is 24.1 Å². The SMILES string of the molecule is CCCC(CC)CC(C)CC1(C)CC(CC)C(CC(=O)OC)OO1. The van der Waals surface area contributed by atoms with Gasteiger partial charge in [0.2, 0.25) is 0 Å². The standard InChI is InChI=1S/C20H38O4/c1-7-10-16(8-2)11-15(4)13-20(5)14-17(9-3)18(23-24-20)12-19(21)22-6/h15-18H,7-14H2,1-6H3. The maximum Gasteiger partial charge on any atom is 0.308 e. The zero-order valence-electron chi connectivity index (χ0n) is 16.6. The lowest BCUT2D eigenvalue weighted by molar-refractivity contribution is -0.419. The Morgan fingerprint density at radius 1 is 1.33 bits per heavy atom. The summed E-state index contributed by atoms with van der Waals surface area (Å²) in [6.45, 7) is 11.2. The first kappa shape index (κ1) is 21.4. The second kappa shape index (κ2) is 10.4. The van der Waals surface area contributed by atoms with Crippen molar-refractivity contribution in [3.8, 4) is 0 Å². The third-order valence-electron chi connectivity index (χ3n) is 5.50. The van der Waals surface area contributed by atoms with E-state index >= 15 is 0 Å². The molecule has 0 aromatic carbocycles. The van der Waals surface area contributed by atoms with E-state index in [2.05, 4.69) is 34.6 Å². The van der Waals surface area contributed by atoms with Gasteiger partial charge in [0, 0.05) is 0 Å². The third kappa shape index (κ3) is 6.72. The molecule has 0 spiro atoms. The second-order valence-corrected chi connectivity index (χ2v) is 7.93. The van der Waals surface area contributed by atoms with Crippen LogP contribution in [0.25, 0.3) is 0 Å². The summed E-state index contributed by atoms with van der Waals surface area (Å²) >= 11 is 0. The molecule has 1 heterocycles. The molecule has 4 nitrogen and oxygen atoms in total. The molecular formula is C20H38O4. The summed E-state index contributed by atoms with van der Waals surface area (Å²) in [5, 5.41) is 0. The predicted molar refractivity (Wildman–Crippen MR) is 96.5 cm³/mol. The fourth-order valence-corrected chi connectivity index (χ4v) is 4.24. The zero-order valence-corrected chi connectivity index (χ0v) is 16.6. The molecule has 1 fully saturated rings. The molecule has 1 rings (SSSR count). The first-order valence-corrected chi connectivity index (χ1v) is 9.78. The van der Waals surface area contributed by atoms with Gasteiger partial charge in [-0.1, -0.05) is 53.4 Å². The highest BCUT2D eigenvalue weighted by Gasteiger charge is 2.41. The lowest BCUT2D eigenvalue weighted by Gasteiger charge is -2.42. The zero-order chi connectivity index (χ0) is 18.2. The van der Waals surface area contributed by atoms with Gasteiger partial charge in [0.05, 0.1) is 13.5 Å². The van der Waals surface area contributed by atoms with Crippen LogP contribution in [0.3, 0.4) is 0 Å². The van der Waals surface area contributed by atoms with E-state index in [9.17, 15) is 4.79 Å². The van der Waals surface area contributed by atoms with Gasteiger partial charge in [-0.25, -0.2) is 9.78 Å². The van der Waals surface area contributed by atoms with Gasteiger partial charge in [-0.3, -0.25) is 4.79 Å². The van der Waals surface area contributed by atoms with Crippen LogP contribution < -0.4 is 0 Å². The summed E-state index contributed by atoms with van der Waals surface area (Å²) in [6.07, 6.45) is 8.11. The summed E-state index contributed by atoms with van der Waals surface area (Å²) in [5.74, 6) is 1.54. The number of methoxy groups -OCH3 is 1. The molecule has 0 aromatic rings. The maximum atomic E-state index is 11.5. The minimum atomic E-state index is -0.253. The molecule has 0 saturated carbocycles. The summed E-state index contributed by atoms with van der Waals surface area (Å²) in [7, 11) is 1.42. The maximum absolute atomic E-state index is 11.5. The largest absolute Gasteiger partial charge is 0.469 e. The molecule has 5 atom stereocenters. The molecule has 0 aliphatic carbocycles. The minimum Gasteiger partial charge on any atom is -0.469 e. The Morgan fingerprint density at radius 3 is 2.58 bits per heavy atom. The van der Waals surface area contributed by atoms with Crippen molar-refractivity contribution in [2.45, 2.75) is 97.7 Å². The summed E-state index contributed by atoms with van der Waals surface area (Å²) in [6, 6.07) is 0. The molecule has 24 heavy (non-hydrogen) atoms. The molecule has 5 unspecified atom stereocenters. The van der Waals surface area contributed by atoms with Crippen LogP contribution in [0.15, 0.2) is 0 Å². The van der Waals surface area contributed by atoms with Crippen molar-refractivity contribution < 1.29 is 19.3 Å². The van der Waals surface area contributed by atoms with Crippen molar-refractivity contribution in [1.82, 2.24) is 0 Å². The number of hydrogen-bond acceptors (Lipinski definition) is 4. The van der Waals surface area contributed by atoms with Crippen molar-refractivity contribution >= 4 is 5.97 Å². The lowest BCUT2D eigenvalue weighted by Crippen LogP contribution is -2.45. The van der Waals surface area contributed by atoms with Crippen LogP contribution in [0.2, 0.25) is 0 Å². The number of carbonyl (C=O) groups is 1. The Labute approximate surface area is 148 Å². The summed E-state index contributed by atoms with van der Waals surface area (Å²) in [4.78, 5) is 23.0. The average molecular weight is 343 g/mol. The molecule has 1 aliphatic rings. The number of ether oxygens (including phenoxy) is 1. The van der Waals surface area contributed by atoms with Crippen LogP contribution in [0, 0.1) is 17.8 Å². The smallest absolute Gasteiger partial charge is 0.308 e. The molecular weight excluding hydrogens is 304 g/mol. The van der Waals surface area contributed by atoms with Crippen molar-refractivity contribution in [1.29, 1.82) is 0 Å². The molecule has 0 radical (unpaired) electrons. The van der Waals surface area contributed by atoms with Crippen LogP contribution in [-0.4, -0.2) is 24.8 Å². The van der Waals surface area contributed by atoms with Crippen molar-refractivity contribution in [3.63, 3.8) is 0 Å². The van der Waals surface area contributed by atoms with E-state index < -0.39 is 0 Å². The van der Waals surface area contributed by atoms with Gasteiger partial charge in [0.1, 0.15) is 11.7 Å². The van der Waals surface area contributed by atoms with Gasteiger partial charge < -0.3 is 4.74 Å². The van der Waals surface area contributed by atoms with Crippen molar-refractivity contribution in [2.24, 2.45) is 17.8 Å². The molecule has 142 valence electrons.